The smallest absolute Gasteiger partial charge is 0.276 e. The lowest BCUT2D eigenvalue weighted by molar-refractivity contribution is 0.0417. The number of nitrogens with zero attached hydrogens (tertiary/aromatic N) is 3. The molecule has 2 aromatic heterocycles. The maximum Gasteiger partial charge on any atom is 0.276 e. The monoisotopic (exact) mass is 355 g/mol. The standard InChI is InChI=1S/C19H25N5O2/c1-5-6-12(2)10-24-11-13(9-20-24)21-18(26)17-14-7-16(25)19(3,4)8-15(14)22-23-17/h5-6,9,11,16,25H,1,7-8,10H2,2-4H3,(H,21,26)(H,22,23). The van der Waals surface area contributed by atoms with Crippen molar-refractivity contribution in [3.05, 3.63) is 53.6 Å². The van der Waals surface area contributed by atoms with E-state index in [2.05, 4.69) is 27.2 Å². The van der Waals surface area contributed by atoms with E-state index in [-0.39, 0.29) is 11.3 Å². The Morgan fingerprint density at radius 3 is 3.08 bits per heavy atom. The molecular weight excluding hydrogens is 330 g/mol. The van der Waals surface area contributed by atoms with E-state index in [9.17, 15) is 9.90 Å². The van der Waals surface area contributed by atoms with Crippen molar-refractivity contribution in [2.45, 2.75) is 46.3 Å². The van der Waals surface area contributed by atoms with Crippen LogP contribution in [0.15, 0.2) is 36.7 Å². The molecule has 2 aromatic rings. The highest BCUT2D eigenvalue weighted by Gasteiger charge is 2.37. The van der Waals surface area contributed by atoms with Gasteiger partial charge in [-0.15, -0.1) is 0 Å². The molecule has 26 heavy (non-hydrogen) atoms. The van der Waals surface area contributed by atoms with Gasteiger partial charge in [-0.2, -0.15) is 10.2 Å². The van der Waals surface area contributed by atoms with E-state index in [1.54, 1.807) is 23.2 Å². The summed E-state index contributed by atoms with van der Waals surface area (Å²) in [7, 11) is 0. The molecule has 0 aromatic carbocycles. The van der Waals surface area contributed by atoms with Crippen LogP contribution >= 0.6 is 0 Å². The first-order valence-corrected chi connectivity index (χ1v) is 8.66. The number of hydrogen-bond donors (Lipinski definition) is 3. The molecule has 1 unspecified atom stereocenters. The van der Waals surface area contributed by atoms with Crippen LogP contribution in [0.3, 0.4) is 0 Å². The lowest BCUT2D eigenvalue weighted by Crippen LogP contribution is -2.37. The van der Waals surface area contributed by atoms with Crippen molar-refractivity contribution < 1.29 is 9.90 Å². The summed E-state index contributed by atoms with van der Waals surface area (Å²) in [5, 5.41) is 24.5. The van der Waals surface area contributed by atoms with Gasteiger partial charge in [-0.3, -0.25) is 14.6 Å². The van der Waals surface area contributed by atoms with Crippen molar-refractivity contribution in [1.29, 1.82) is 0 Å². The number of hydrogen-bond acceptors (Lipinski definition) is 4. The van der Waals surface area contributed by atoms with E-state index >= 15 is 0 Å². The number of rotatable bonds is 5. The number of carbonyl (C=O) groups is 1. The molecule has 0 bridgehead atoms. The van der Waals surface area contributed by atoms with Gasteiger partial charge in [-0.05, 0) is 18.8 Å². The van der Waals surface area contributed by atoms with Crippen LogP contribution in [-0.4, -0.2) is 37.1 Å². The largest absolute Gasteiger partial charge is 0.392 e. The third-order valence-corrected chi connectivity index (χ3v) is 4.80. The minimum absolute atomic E-state index is 0.231. The molecule has 7 heteroatoms. The van der Waals surface area contributed by atoms with E-state index < -0.39 is 6.10 Å². The number of aliphatic hydroxyl groups is 1. The Balaban J connectivity index is 1.72. The van der Waals surface area contributed by atoms with Crippen LogP contribution in [0.4, 0.5) is 5.69 Å². The molecule has 0 saturated carbocycles. The summed E-state index contributed by atoms with van der Waals surface area (Å²) in [4.78, 5) is 12.6. The molecule has 3 rings (SSSR count). The van der Waals surface area contributed by atoms with Crippen LogP contribution in [0.25, 0.3) is 0 Å². The molecule has 0 spiro atoms. The summed E-state index contributed by atoms with van der Waals surface area (Å²) >= 11 is 0. The second kappa shape index (κ2) is 6.92. The highest BCUT2D eigenvalue weighted by Crippen LogP contribution is 2.35. The molecule has 1 aliphatic rings. The highest BCUT2D eigenvalue weighted by atomic mass is 16.3. The number of aromatic amines is 1. The number of amides is 1. The van der Waals surface area contributed by atoms with Crippen molar-refractivity contribution in [3.8, 4) is 0 Å². The third-order valence-electron chi connectivity index (χ3n) is 4.80. The molecule has 0 radical (unpaired) electrons. The van der Waals surface area contributed by atoms with Crippen LogP contribution in [0.5, 0.6) is 0 Å². The fourth-order valence-corrected chi connectivity index (χ4v) is 3.21. The molecule has 0 fully saturated rings. The number of H-pyrrole nitrogens is 1. The summed E-state index contributed by atoms with van der Waals surface area (Å²) in [6, 6.07) is 0. The Morgan fingerprint density at radius 1 is 1.58 bits per heavy atom. The third kappa shape index (κ3) is 3.62. The van der Waals surface area contributed by atoms with Crippen LogP contribution in [0.2, 0.25) is 0 Å². The summed E-state index contributed by atoms with van der Waals surface area (Å²) in [6.07, 6.45) is 7.62. The van der Waals surface area contributed by atoms with Gasteiger partial charge in [-0.25, -0.2) is 0 Å². The Kier molecular flexibility index (Phi) is 4.82. The summed E-state index contributed by atoms with van der Waals surface area (Å²) < 4.78 is 1.75. The normalized spacial score (nSPS) is 19.1. The van der Waals surface area contributed by atoms with Crippen molar-refractivity contribution in [3.63, 3.8) is 0 Å². The number of aliphatic hydroxyl groups excluding tert-OH is 1. The van der Waals surface area contributed by atoms with Gasteiger partial charge >= 0.3 is 0 Å². The molecule has 0 aliphatic heterocycles. The van der Waals surface area contributed by atoms with E-state index in [1.807, 2.05) is 26.8 Å². The first kappa shape index (κ1) is 18.1. The van der Waals surface area contributed by atoms with E-state index in [0.29, 0.717) is 30.8 Å². The zero-order valence-electron chi connectivity index (χ0n) is 15.4. The summed E-state index contributed by atoms with van der Waals surface area (Å²) in [6.45, 7) is 10.3. The number of allylic oxidation sites excluding steroid dienone is 3. The maximum absolute atomic E-state index is 12.6. The molecule has 3 N–H and O–H groups in total. The number of aromatic nitrogens is 4. The molecular formula is C19H25N5O2. The van der Waals surface area contributed by atoms with Gasteiger partial charge in [0, 0.05) is 23.9 Å². The number of nitrogens with one attached hydrogen (secondary N) is 2. The molecule has 1 aliphatic carbocycles. The lowest BCUT2D eigenvalue weighted by atomic mass is 9.74. The Hall–Kier alpha value is -2.67. The van der Waals surface area contributed by atoms with Crippen molar-refractivity contribution >= 4 is 11.6 Å². The Bertz CT molecular complexity index is 859. The van der Waals surface area contributed by atoms with Gasteiger partial charge in [-0.1, -0.05) is 38.2 Å². The fourth-order valence-electron chi connectivity index (χ4n) is 3.21. The quantitative estimate of drug-likeness (QED) is 0.718. The number of anilines is 1. The number of carbonyl (C=O) groups excluding carboxylic acids is 1. The fraction of sp³-hybridized carbons (Fsp3) is 0.421. The minimum Gasteiger partial charge on any atom is -0.392 e. The van der Waals surface area contributed by atoms with E-state index in [4.69, 9.17) is 0 Å². The zero-order chi connectivity index (χ0) is 18.9. The van der Waals surface area contributed by atoms with Gasteiger partial charge in [0.2, 0.25) is 0 Å². The predicted octanol–water partition coefficient (Wildman–Crippen LogP) is 2.48. The van der Waals surface area contributed by atoms with E-state index in [1.165, 1.54) is 0 Å². The van der Waals surface area contributed by atoms with Crippen molar-refractivity contribution in [2.75, 3.05) is 5.32 Å². The maximum atomic E-state index is 12.6. The first-order valence-electron chi connectivity index (χ1n) is 8.66. The lowest BCUT2D eigenvalue weighted by Gasteiger charge is -2.34. The predicted molar refractivity (Wildman–Crippen MR) is 99.9 cm³/mol. The summed E-state index contributed by atoms with van der Waals surface area (Å²) in [5.41, 5.74) is 3.54. The first-order chi connectivity index (χ1) is 12.3. The average molecular weight is 355 g/mol. The Morgan fingerprint density at radius 2 is 2.35 bits per heavy atom. The van der Waals surface area contributed by atoms with Gasteiger partial charge in [0.25, 0.3) is 5.91 Å². The highest BCUT2D eigenvalue weighted by molar-refractivity contribution is 6.03. The molecule has 1 atom stereocenters. The molecule has 7 nitrogen and oxygen atoms in total. The van der Waals surface area contributed by atoms with Crippen LogP contribution in [0, 0.1) is 5.41 Å². The topological polar surface area (TPSA) is 95.8 Å². The van der Waals surface area contributed by atoms with Crippen molar-refractivity contribution in [2.24, 2.45) is 5.41 Å². The second-order valence-corrected chi connectivity index (χ2v) is 7.54. The molecule has 0 saturated heterocycles. The second-order valence-electron chi connectivity index (χ2n) is 7.54. The zero-order valence-corrected chi connectivity index (χ0v) is 15.4. The van der Waals surface area contributed by atoms with Crippen LogP contribution in [-0.2, 0) is 19.4 Å². The molecule has 138 valence electrons. The number of fused-ring (bicyclic) bond motifs is 1. The van der Waals surface area contributed by atoms with E-state index in [0.717, 1.165) is 16.8 Å². The molecule has 2 heterocycles. The summed E-state index contributed by atoms with van der Waals surface area (Å²) in [5.74, 6) is -0.299. The SMILES string of the molecule is C=CC=C(C)Cn1cc(NC(=O)c2n[nH]c3c2CC(O)C(C)(C)C3)cn1. The van der Waals surface area contributed by atoms with Crippen LogP contribution in [0.1, 0.15) is 42.5 Å². The molecule has 1 amide bonds. The van der Waals surface area contributed by atoms with Gasteiger partial charge in [0.1, 0.15) is 0 Å². The minimum atomic E-state index is -0.499. The van der Waals surface area contributed by atoms with Gasteiger partial charge in [0.05, 0.1) is 24.5 Å². The van der Waals surface area contributed by atoms with Gasteiger partial charge < -0.3 is 10.4 Å². The van der Waals surface area contributed by atoms with Gasteiger partial charge in [0.15, 0.2) is 5.69 Å². The van der Waals surface area contributed by atoms with Crippen LogP contribution < -0.4 is 5.32 Å². The average Bonchev–Trinajstić information content (AvgIpc) is 3.14. The Labute approximate surface area is 152 Å². The van der Waals surface area contributed by atoms with Crippen molar-refractivity contribution in [1.82, 2.24) is 20.0 Å².